The van der Waals surface area contributed by atoms with Gasteiger partial charge in [0.05, 0.1) is 24.2 Å². The van der Waals surface area contributed by atoms with Gasteiger partial charge in [-0.1, -0.05) is 53.5 Å². The first-order valence-electron chi connectivity index (χ1n) is 7.83. The van der Waals surface area contributed by atoms with Crippen LogP contribution in [0.1, 0.15) is 20.7 Å². The number of rotatable bonds is 5. The van der Waals surface area contributed by atoms with E-state index in [9.17, 15) is 9.59 Å². The van der Waals surface area contributed by atoms with E-state index < -0.39 is 5.97 Å². The Morgan fingerprint density at radius 3 is 2.42 bits per heavy atom. The summed E-state index contributed by atoms with van der Waals surface area (Å²) in [5.41, 5.74) is 1.50. The molecule has 132 valence electrons. The first-order valence-corrected chi connectivity index (χ1v) is 8.58. The molecule has 0 radical (unpaired) electrons. The van der Waals surface area contributed by atoms with Crippen molar-refractivity contribution in [2.45, 2.75) is 0 Å². The Labute approximate surface area is 160 Å². The van der Waals surface area contributed by atoms with Gasteiger partial charge in [0.1, 0.15) is 0 Å². The Morgan fingerprint density at radius 2 is 1.73 bits per heavy atom. The highest BCUT2D eigenvalue weighted by Gasteiger charge is 2.15. The van der Waals surface area contributed by atoms with Gasteiger partial charge in [-0.25, -0.2) is 4.79 Å². The van der Waals surface area contributed by atoms with Crippen molar-refractivity contribution in [1.82, 2.24) is 0 Å². The molecule has 0 heterocycles. The number of nitrogens with one attached hydrogen (secondary N) is 1. The molecule has 6 heteroatoms. The Kier molecular flexibility index (Phi) is 5.45. The molecule has 0 spiro atoms. The minimum atomic E-state index is -0.486. The maximum Gasteiger partial charge on any atom is 0.337 e. The standard InChI is InChI=1S/C20H15Cl2NO3/c1-26-20(25)14-7-13-8-15(21)10-16(22)19(13)17(9-14)23-11-18(24)12-5-3-2-4-6-12/h2-10,23H,11H2,1H3. The Bertz CT molecular complexity index is 987. The van der Waals surface area contributed by atoms with Gasteiger partial charge in [0, 0.05) is 21.7 Å². The molecule has 0 fully saturated rings. The van der Waals surface area contributed by atoms with Crippen LogP contribution in [0.2, 0.25) is 10.0 Å². The molecule has 0 unspecified atom stereocenters. The second-order valence-corrected chi connectivity index (χ2v) is 6.49. The van der Waals surface area contributed by atoms with Crippen LogP contribution in [-0.2, 0) is 4.74 Å². The number of anilines is 1. The zero-order chi connectivity index (χ0) is 18.7. The Morgan fingerprint density at radius 1 is 1.00 bits per heavy atom. The maximum atomic E-state index is 12.4. The third-order valence-electron chi connectivity index (χ3n) is 3.92. The molecule has 0 aliphatic heterocycles. The number of esters is 1. The van der Waals surface area contributed by atoms with Crippen LogP contribution in [0.25, 0.3) is 10.8 Å². The molecule has 0 bridgehead atoms. The Balaban J connectivity index is 2.00. The summed E-state index contributed by atoms with van der Waals surface area (Å²) in [6.45, 7) is 0.0582. The summed E-state index contributed by atoms with van der Waals surface area (Å²) in [5, 5.41) is 5.33. The number of halogens is 2. The number of methoxy groups -OCH3 is 1. The molecule has 3 rings (SSSR count). The first-order chi connectivity index (χ1) is 12.5. The van der Waals surface area contributed by atoms with Gasteiger partial charge < -0.3 is 10.1 Å². The predicted octanol–water partition coefficient (Wildman–Crippen LogP) is 5.23. The van der Waals surface area contributed by atoms with Gasteiger partial charge in [-0.15, -0.1) is 0 Å². The normalized spacial score (nSPS) is 10.6. The zero-order valence-corrected chi connectivity index (χ0v) is 15.4. The van der Waals surface area contributed by atoms with Crippen molar-refractivity contribution < 1.29 is 14.3 Å². The monoisotopic (exact) mass is 387 g/mol. The third-order valence-corrected chi connectivity index (χ3v) is 4.44. The summed E-state index contributed by atoms with van der Waals surface area (Å²) in [7, 11) is 1.31. The van der Waals surface area contributed by atoms with E-state index in [2.05, 4.69) is 5.32 Å². The van der Waals surface area contributed by atoms with E-state index in [1.165, 1.54) is 7.11 Å². The minimum absolute atomic E-state index is 0.0582. The van der Waals surface area contributed by atoms with Crippen LogP contribution in [0.15, 0.2) is 54.6 Å². The molecular formula is C20H15Cl2NO3. The lowest BCUT2D eigenvalue weighted by atomic mass is 10.0. The average Bonchev–Trinajstić information content (AvgIpc) is 2.65. The van der Waals surface area contributed by atoms with Crippen LogP contribution in [0.4, 0.5) is 5.69 Å². The lowest BCUT2D eigenvalue weighted by Gasteiger charge is -2.13. The van der Waals surface area contributed by atoms with E-state index in [0.717, 1.165) is 0 Å². The number of benzene rings is 3. The Hall–Kier alpha value is -2.56. The number of ketones is 1. The van der Waals surface area contributed by atoms with Crippen molar-refractivity contribution in [3.63, 3.8) is 0 Å². The fraction of sp³-hybridized carbons (Fsp3) is 0.100. The summed E-state index contributed by atoms with van der Waals surface area (Å²) in [6.07, 6.45) is 0. The fourth-order valence-corrected chi connectivity index (χ4v) is 3.32. The van der Waals surface area contributed by atoms with Crippen molar-refractivity contribution in [3.05, 3.63) is 75.8 Å². The van der Waals surface area contributed by atoms with E-state index in [4.69, 9.17) is 27.9 Å². The molecule has 0 amide bonds. The second-order valence-electron chi connectivity index (χ2n) is 5.64. The fourth-order valence-electron chi connectivity index (χ4n) is 2.71. The quantitative estimate of drug-likeness (QED) is 0.481. The molecule has 0 saturated heterocycles. The minimum Gasteiger partial charge on any atom is -0.465 e. The highest BCUT2D eigenvalue weighted by Crippen LogP contribution is 2.35. The summed E-state index contributed by atoms with van der Waals surface area (Å²) in [6, 6.07) is 15.6. The lowest BCUT2D eigenvalue weighted by molar-refractivity contribution is 0.0601. The topological polar surface area (TPSA) is 55.4 Å². The second kappa shape index (κ2) is 7.77. The van der Waals surface area contributed by atoms with Crippen molar-refractivity contribution >= 4 is 51.4 Å². The van der Waals surface area contributed by atoms with Crippen LogP contribution >= 0.6 is 23.2 Å². The number of fused-ring (bicyclic) bond motifs is 1. The van der Waals surface area contributed by atoms with E-state index in [1.807, 2.05) is 6.07 Å². The van der Waals surface area contributed by atoms with Crippen molar-refractivity contribution in [1.29, 1.82) is 0 Å². The number of ether oxygens (including phenoxy) is 1. The van der Waals surface area contributed by atoms with Crippen LogP contribution in [0, 0.1) is 0 Å². The number of hydrogen-bond donors (Lipinski definition) is 1. The van der Waals surface area contributed by atoms with E-state index in [1.54, 1.807) is 48.5 Å². The van der Waals surface area contributed by atoms with E-state index in [-0.39, 0.29) is 12.3 Å². The molecule has 26 heavy (non-hydrogen) atoms. The molecule has 4 nitrogen and oxygen atoms in total. The SMILES string of the molecule is COC(=O)c1cc(NCC(=O)c2ccccc2)c2c(Cl)cc(Cl)cc2c1. The highest BCUT2D eigenvalue weighted by atomic mass is 35.5. The number of Topliss-reactive ketones (excluding diaryl/α,β-unsaturated/α-hetero) is 1. The van der Waals surface area contributed by atoms with Gasteiger partial charge in [-0.2, -0.15) is 0 Å². The third kappa shape index (κ3) is 3.82. The molecule has 1 N–H and O–H groups in total. The molecule has 0 aliphatic carbocycles. The van der Waals surface area contributed by atoms with E-state index >= 15 is 0 Å². The van der Waals surface area contributed by atoms with E-state index in [0.29, 0.717) is 37.6 Å². The van der Waals surface area contributed by atoms with Crippen LogP contribution in [-0.4, -0.2) is 25.4 Å². The molecular weight excluding hydrogens is 373 g/mol. The lowest BCUT2D eigenvalue weighted by Crippen LogP contribution is -2.14. The molecule has 3 aromatic carbocycles. The van der Waals surface area contributed by atoms with Crippen molar-refractivity contribution in [2.75, 3.05) is 19.0 Å². The van der Waals surface area contributed by atoms with Crippen LogP contribution in [0.3, 0.4) is 0 Å². The van der Waals surface area contributed by atoms with Gasteiger partial charge in [0.2, 0.25) is 0 Å². The van der Waals surface area contributed by atoms with Crippen molar-refractivity contribution in [2.24, 2.45) is 0 Å². The van der Waals surface area contributed by atoms with Gasteiger partial charge in [-0.05, 0) is 29.7 Å². The van der Waals surface area contributed by atoms with Gasteiger partial charge in [-0.3, -0.25) is 4.79 Å². The van der Waals surface area contributed by atoms with Gasteiger partial charge in [0.15, 0.2) is 5.78 Å². The summed E-state index contributed by atoms with van der Waals surface area (Å²) in [5.74, 6) is -0.562. The smallest absolute Gasteiger partial charge is 0.337 e. The van der Waals surface area contributed by atoms with Crippen LogP contribution < -0.4 is 5.32 Å². The summed E-state index contributed by atoms with van der Waals surface area (Å²) < 4.78 is 4.80. The number of carbonyl (C=O) groups is 2. The van der Waals surface area contributed by atoms with Gasteiger partial charge in [0.25, 0.3) is 0 Å². The molecule has 0 atom stereocenters. The summed E-state index contributed by atoms with van der Waals surface area (Å²) >= 11 is 12.4. The largest absolute Gasteiger partial charge is 0.465 e. The summed E-state index contributed by atoms with van der Waals surface area (Å²) in [4.78, 5) is 24.3. The average molecular weight is 388 g/mol. The predicted molar refractivity (Wildman–Crippen MR) is 105 cm³/mol. The first kappa shape index (κ1) is 18.2. The zero-order valence-electron chi connectivity index (χ0n) is 13.9. The maximum absolute atomic E-state index is 12.4. The highest BCUT2D eigenvalue weighted by molar-refractivity contribution is 6.39. The number of carbonyl (C=O) groups excluding carboxylic acids is 2. The number of hydrogen-bond acceptors (Lipinski definition) is 4. The molecule has 3 aromatic rings. The van der Waals surface area contributed by atoms with Gasteiger partial charge >= 0.3 is 5.97 Å². The molecule has 0 aromatic heterocycles. The molecule has 0 aliphatic rings. The van der Waals surface area contributed by atoms with Crippen LogP contribution in [0.5, 0.6) is 0 Å². The van der Waals surface area contributed by atoms with Crippen molar-refractivity contribution in [3.8, 4) is 0 Å². The molecule has 0 saturated carbocycles.